The Hall–Kier alpha value is -1.39. The molecule has 0 radical (unpaired) electrons. The summed E-state index contributed by atoms with van der Waals surface area (Å²) in [4.78, 5) is 10.7. The van der Waals surface area contributed by atoms with Crippen molar-refractivity contribution in [3.8, 4) is 0 Å². The monoisotopic (exact) mass is 222 g/mol. The zero-order valence-corrected chi connectivity index (χ0v) is 8.89. The van der Waals surface area contributed by atoms with Crippen molar-refractivity contribution in [2.24, 2.45) is 0 Å². The lowest BCUT2D eigenvalue weighted by Gasteiger charge is -2.07. The van der Waals surface area contributed by atoms with Gasteiger partial charge in [-0.2, -0.15) is 0 Å². The van der Waals surface area contributed by atoms with Gasteiger partial charge < -0.3 is 14.6 Å². The van der Waals surface area contributed by atoms with Crippen molar-refractivity contribution < 1.29 is 19.4 Å². The summed E-state index contributed by atoms with van der Waals surface area (Å²) in [5, 5.41) is 8.49. The van der Waals surface area contributed by atoms with Crippen LogP contribution in [0.15, 0.2) is 24.3 Å². The average Bonchev–Trinajstić information content (AvgIpc) is 3.13. The van der Waals surface area contributed by atoms with Crippen LogP contribution in [0.25, 0.3) is 0 Å². The minimum Gasteiger partial charge on any atom is -0.464 e. The van der Waals surface area contributed by atoms with E-state index in [9.17, 15) is 4.79 Å². The number of aliphatic hydroxyl groups is 1. The lowest BCUT2D eigenvalue weighted by Crippen LogP contribution is -2.11. The number of ether oxygens (including phenoxy) is 2. The van der Waals surface area contributed by atoms with Crippen LogP contribution in [0.5, 0.6) is 0 Å². The first-order valence-electron chi connectivity index (χ1n) is 5.27. The molecule has 1 atom stereocenters. The standard InChI is InChI=1S/C12H14O4/c13-7-12(14)15-6-5-9-3-1-2-4-10(9)11-8-16-11/h1-4,11,13H,5-8H2/t11-/m1/s1. The average molecular weight is 222 g/mol. The lowest BCUT2D eigenvalue weighted by molar-refractivity contribution is -0.146. The largest absolute Gasteiger partial charge is 0.464 e. The molecule has 0 bridgehead atoms. The van der Waals surface area contributed by atoms with Gasteiger partial charge in [0, 0.05) is 6.42 Å². The highest BCUT2D eigenvalue weighted by Gasteiger charge is 2.26. The van der Waals surface area contributed by atoms with E-state index in [-0.39, 0.29) is 6.10 Å². The Balaban J connectivity index is 1.90. The topological polar surface area (TPSA) is 59.1 Å². The summed E-state index contributed by atoms with van der Waals surface area (Å²) in [6.07, 6.45) is 0.867. The fourth-order valence-electron chi connectivity index (χ4n) is 1.62. The molecular formula is C12H14O4. The summed E-state index contributed by atoms with van der Waals surface area (Å²) < 4.78 is 10.1. The fourth-order valence-corrected chi connectivity index (χ4v) is 1.62. The molecule has 4 heteroatoms. The van der Waals surface area contributed by atoms with Crippen LogP contribution in [0.1, 0.15) is 17.2 Å². The van der Waals surface area contributed by atoms with E-state index in [0.717, 1.165) is 12.2 Å². The Kier molecular flexibility index (Phi) is 3.54. The maximum atomic E-state index is 10.7. The molecule has 2 rings (SSSR count). The molecule has 0 aromatic heterocycles. The lowest BCUT2D eigenvalue weighted by atomic mass is 10.0. The molecule has 1 saturated heterocycles. The van der Waals surface area contributed by atoms with E-state index in [1.54, 1.807) is 0 Å². The molecule has 16 heavy (non-hydrogen) atoms. The number of aliphatic hydroxyl groups excluding tert-OH is 1. The van der Waals surface area contributed by atoms with Crippen molar-refractivity contribution in [2.75, 3.05) is 19.8 Å². The quantitative estimate of drug-likeness (QED) is 0.592. The number of carbonyl (C=O) groups is 1. The molecule has 1 fully saturated rings. The Morgan fingerprint density at radius 2 is 2.25 bits per heavy atom. The molecule has 0 amide bonds. The Bertz CT molecular complexity index is 371. The molecule has 4 nitrogen and oxygen atoms in total. The molecule has 1 N–H and O–H groups in total. The van der Waals surface area contributed by atoms with Crippen molar-refractivity contribution in [1.82, 2.24) is 0 Å². The number of hydrogen-bond acceptors (Lipinski definition) is 4. The van der Waals surface area contributed by atoms with E-state index in [1.165, 1.54) is 5.56 Å². The van der Waals surface area contributed by atoms with Gasteiger partial charge in [0.2, 0.25) is 0 Å². The van der Waals surface area contributed by atoms with E-state index in [2.05, 4.69) is 0 Å². The maximum absolute atomic E-state index is 10.7. The first-order chi connectivity index (χ1) is 7.81. The van der Waals surface area contributed by atoms with Gasteiger partial charge in [0.25, 0.3) is 0 Å². The van der Waals surface area contributed by atoms with Crippen LogP contribution in [0.2, 0.25) is 0 Å². The number of hydrogen-bond donors (Lipinski definition) is 1. The number of benzene rings is 1. The van der Waals surface area contributed by atoms with Gasteiger partial charge in [-0.25, -0.2) is 4.79 Å². The number of rotatable bonds is 5. The third kappa shape index (κ3) is 2.81. The minimum absolute atomic E-state index is 0.213. The van der Waals surface area contributed by atoms with E-state index < -0.39 is 12.6 Å². The molecule has 1 aromatic rings. The van der Waals surface area contributed by atoms with Gasteiger partial charge in [0.15, 0.2) is 0 Å². The molecule has 0 spiro atoms. The maximum Gasteiger partial charge on any atom is 0.331 e. The summed E-state index contributed by atoms with van der Waals surface area (Å²) in [6.45, 7) is 0.504. The van der Waals surface area contributed by atoms with E-state index in [1.807, 2.05) is 24.3 Å². The number of esters is 1. The highest BCUT2D eigenvalue weighted by atomic mass is 16.6. The second kappa shape index (κ2) is 5.09. The SMILES string of the molecule is O=C(CO)OCCc1ccccc1[C@H]1CO1. The highest BCUT2D eigenvalue weighted by Crippen LogP contribution is 2.32. The summed E-state index contributed by atoms with van der Waals surface area (Å²) in [5.41, 5.74) is 2.30. The molecule has 1 aliphatic rings. The first kappa shape index (κ1) is 11.1. The molecular weight excluding hydrogens is 208 g/mol. The smallest absolute Gasteiger partial charge is 0.331 e. The third-order valence-electron chi connectivity index (χ3n) is 2.50. The fraction of sp³-hybridized carbons (Fsp3) is 0.417. The van der Waals surface area contributed by atoms with Gasteiger partial charge in [-0.15, -0.1) is 0 Å². The van der Waals surface area contributed by atoms with Crippen LogP contribution in [0, 0.1) is 0 Å². The molecule has 1 aliphatic heterocycles. The Morgan fingerprint density at radius 1 is 1.50 bits per heavy atom. The van der Waals surface area contributed by atoms with E-state index in [0.29, 0.717) is 13.0 Å². The van der Waals surface area contributed by atoms with E-state index in [4.69, 9.17) is 14.6 Å². The van der Waals surface area contributed by atoms with Gasteiger partial charge in [-0.05, 0) is 11.1 Å². The number of epoxide rings is 1. The summed E-state index contributed by atoms with van der Waals surface area (Å²) in [7, 11) is 0. The van der Waals surface area contributed by atoms with Crippen molar-refractivity contribution in [3.05, 3.63) is 35.4 Å². The van der Waals surface area contributed by atoms with Crippen LogP contribution in [0.4, 0.5) is 0 Å². The Morgan fingerprint density at radius 3 is 2.94 bits per heavy atom. The van der Waals surface area contributed by atoms with Gasteiger partial charge in [-0.3, -0.25) is 0 Å². The second-order valence-corrected chi connectivity index (χ2v) is 3.65. The highest BCUT2D eigenvalue weighted by molar-refractivity contribution is 5.70. The molecule has 0 unspecified atom stereocenters. The zero-order chi connectivity index (χ0) is 11.4. The summed E-state index contributed by atoms with van der Waals surface area (Å²) >= 11 is 0. The van der Waals surface area contributed by atoms with Crippen LogP contribution in [-0.2, 0) is 20.7 Å². The zero-order valence-electron chi connectivity index (χ0n) is 8.89. The predicted octanol–water partition coefficient (Wildman–Crippen LogP) is 0.836. The van der Waals surface area contributed by atoms with Gasteiger partial charge >= 0.3 is 5.97 Å². The van der Waals surface area contributed by atoms with Crippen LogP contribution < -0.4 is 0 Å². The van der Waals surface area contributed by atoms with Crippen LogP contribution in [-0.4, -0.2) is 30.9 Å². The molecule has 0 saturated carbocycles. The normalized spacial score (nSPS) is 18.2. The Labute approximate surface area is 93.8 Å². The summed E-state index contributed by atoms with van der Waals surface area (Å²) in [5.74, 6) is -0.583. The molecule has 0 aliphatic carbocycles. The second-order valence-electron chi connectivity index (χ2n) is 3.65. The third-order valence-corrected chi connectivity index (χ3v) is 2.50. The van der Waals surface area contributed by atoms with Crippen molar-refractivity contribution in [2.45, 2.75) is 12.5 Å². The van der Waals surface area contributed by atoms with Gasteiger partial charge in [0.1, 0.15) is 12.7 Å². The molecule has 1 heterocycles. The van der Waals surface area contributed by atoms with Crippen molar-refractivity contribution in [3.63, 3.8) is 0 Å². The van der Waals surface area contributed by atoms with Gasteiger partial charge in [0.05, 0.1) is 13.2 Å². The first-order valence-corrected chi connectivity index (χ1v) is 5.27. The predicted molar refractivity (Wildman–Crippen MR) is 56.9 cm³/mol. The molecule has 1 aromatic carbocycles. The van der Waals surface area contributed by atoms with Crippen molar-refractivity contribution in [1.29, 1.82) is 0 Å². The minimum atomic E-state index is -0.583. The van der Waals surface area contributed by atoms with E-state index >= 15 is 0 Å². The summed E-state index contributed by atoms with van der Waals surface area (Å²) in [6, 6.07) is 7.96. The van der Waals surface area contributed by atoms with Crippen LogP contribution >= 0.6 is 0 Å². The van der Waals surface area contributed by atoms with Gasteiger partial charge in [-0.1, -0.05) is 24.3 Å². The number of carbonyl (C=O) groups excluding carboxylic acids is 1. The van der Waals surface area contributed by atoms with Crippen molar-refractivity contribution >= 4 is 5.97 Å². The van der Waals surface area contributed by atoms with Crippen LogP contribution in [0.3, 0.4) is 0 Å². The molecule has 86 valence electrons.